The van der Waals surface area contributed by atoms with E-state index in [4.69, 9.17) is 5.26 Å². The van der Waals surface area contributed by atoms with E-state index in [1.54, 1.807) is 19.0 Å². The SMILES string of the molecule is Cc1nn(CCC#N)c(C)c1CCC(=O)N(C)C.Cl. The maximum absolute atomic E-state index is 11.6. The summed E-state index contributed by atoms with van der Waals surface area (Å²) in [5, 5.41) is 13.0. The van der Waals surface area contributed by atoms with Crippen molar-refractivity contribution in [2.45, 2.75) is 39.7 Å². The molecule has 1 amide bonds. The summed E-state index contributed by atoms with van der Waals surface area (Å²) in [7, 11) is 3.52. The van der Waals surface area contributed by atoms with E-state index < -0.39 is 0 Å². The topological polar surface area (TPSA) is 61.9 Å². The molecule has 0 fully saturated rings. The second-order valence-electron chi connectivity index (χ2n) is 4.57. The molecule has 1 aromatic heterocycles. The van der Waals surface area contributed by atoms with E-state index in [1.807, 2.05) is 18.5 Å². The molecule has 0 bridgehead atoms. The lowest BCUT2D eigenvalue weighted by Crippen LogP contribution is -2.22. The van der Waals surface area contributed by atoms with Gasteiger partial charge in [0.15, 0.2) is 0 Å². The van der Waals surface area contributed by atoms with Crippen molar-refractivity contribution >= 4 is 18.3 Å². The summed E-state index contributed by atoms with van der Waals surface area (Å²) < 4.78 is 1.86. The fourth-order valence-corrected chi connectivity index (χ4v) is 1.92. The lowest BCUT2D eigenvalue weighted by atomic mass is 10.1. The Morgan fingerprint density at radius 1 is 1.42 bits per heavy atom. The van der Waals surface area contributed by atoms with Crippen LogP contribution in [0.2, 0.25) is 0 Å². The first-order valence-corrected chi connectivity index (χ1v) is 6.07. The Morgan fingerprint density at radius 2 is 2.05 bits per heavy atom. The van der Waals surface area contributed by atoms with E-state index in [1.165, 1.54) is 0 Å². The molecular formula is C13H21ClN4O. The molecule has 0 aliphatic carbocycles. The Hall–Kier alpha value is -1.54. The highest BCUT2D eigenvalue weighted by atomic mass is 35.5. The fraction of sp³-hybridized carbons (Fsp3) is 0.615. The van der Waals surface area contributed by atoms with Gasteiger partial charge in [0.25, 0.3) is 0 Å². The van der Waals surface area contributed by atoms with Crippen LogP contribution in [0.25, 0.3) is 0 Å². The number of carbonyl (C=O) groups is 1. The molecule has 0 saturated carbocycles. The zero-order valence-corrected chi connectivity index (χ0v) is 12.8. The third-order valence-corrected chi connectivity index (χ3v) is 3.05. The van der Waals surface area contributed by atoms with E-state index in [-0.39, 0.29) is 18.3 Å². The third-order valence-electron chi connectivity index (χ3n) is 3.05. The monoisotopic (exact) mass is 284 g/mol. The molecule has 0 spiro atoms. The summed E-state index contributed by atoms with van der Waals surface area (Å²) in [6, 6.07) is 2.12. The van der Waals surface area contributed by atoms with Crippen LogP contribution < -0.4 is 0 Å². The van der Waals surface area contributed by atoms with Crippen molar-refractivity contribution < 1.29 is 4.79 Å². The maximum atomic E-state index is 11.6. The Balaban J connectivity index is 0.00000324. The van der Waals surface area contributed by atoms with Crippen LogP contribution in [0.3, 0.4) is 0 Å². The van der Waals surface area contributed by atoms with E-state index >= 15 is 0 Å². The maximum Gasteiger partial charge on any atom is 0.222 e. The van der Waals surface area contributed by atoms with Crippen molar-refractivity contribution in [3.05, 3.63) is 17.0 Å². The summed E-state index contributed by atoms with van der Waals surface area (Å²) in [5.74, 6) is 0.124. The molecule has 0 aliphatic heterocycles. The molecule has 1 aromatic rings. The number of nitrogens with zero attached hydrogens (tertiary/aromatic N) is 4. The summed E-state index contributed by atoms with van der Waals surface area (Å²) in [6.45, 7) is 4.56. The van der Waals surface area contributed by atoms with Crippen molar-refractivity contribution in [2.75, 3.05) is 14.1 Å². The average molecular weight is 285 g/mol. The average Bonchev–Trinajstić information content (AvgIpc) is 2.59. The van der Waals surface area contributed by atoms with Crippen molar-refractivity contribution in [3.63, 3.8) is 0 Å². The summed E-state index contributed by atoms with van der Waals surface area (Å²) in [4.78, 5) is 13.2. The van der Waals surface area contributed by atoms with Gasteiger partial charge in [-0.1, -0.05) is 0 Å². The first-order valence-electron chi connectivity index (χ1n) is 6.07. The highest BCUT2D eigenvalue weighted by Crippen LogP contribution is 2.15. The quantitative estimate of drug-likeness (QED) is 0.829. The van der Waals surface area contributed by atoms with Crippen LogP contribution in [0.15, 0.2) is 0 Å². The van der Waals surface area contributed by atoms with Gasteiger partial charge in [0.1, 0.15) is 0 Å². The number of nitriles is 1. The van der Waals surface area contributed by atoms with Crippen LogP contribution in [0.5, 0.6) is 0 Å². The number of hydrogen-bond donors (Lipinski definition) is 0. The first-order chi connectivity index (χ1) is 8.47. The molecule has 106 valence electrons. The lowest BCUT2D eigenvalue weighted by Gasteiger charge is -2.10. The number of aryl methyl sites for hydroxylation is 2. The Kier molecular flexibility index (Phi) is 7.17. The molecule has 0 aromatic carbocycles. The van der Waals surface area contributed by atoms with E-state index in [9.17, 15) is 4.79 Å². The minimum atomic E-state index is 0. The second-order valence-corrected chi connectivity index (χ2v) is 4.57. The van der Waals surface area contributed by atoms with Crippen LogP contribution in [0.4, 0.5) is 0 Å². The normalized spacial score (nSPS) is 9.63. The van der Waals surface area contributed by atoms with Crippen LogP contribution >= 0.6 is 12.4 Å². The van der Waals surface area contributed by atoms with Crippen LogP contribution in [0.1, 0.15) is 29.8 Å². The highest BCUT2D eigenvalue weighted by Gasteiger charge is 2.13. The standard InChI is InChI=1S/C13H20N4O.ClH/c1-10-12(6-7-13(18)16(3)4)11(2)17(15-10)9-5-8-14;/h5-7,9H2,1-4H3;1H. The molecule has 0 atom stereocenters. The minimum Gasteiger partial charge on any atom is -0.349 e. The Labute approximate surface area is 120 Å². The molecule has 0 radical (unpaired) electrons. The van der Waals surface area contributed by atoms with Gasteiger partial charge < -0.3 is 4.90 Å². The van der Waals surface area contributed by atoms with Gasteiger partial charge in [-0.05, 0) is 25.8 Å². The van der Waals surface area contributed by atoms with Crippen LogP contribution in [-0.4, -0.2) is 34.7 Å². The van der Waals surface area contributed by atoms with Gasteiger partial charge in [-0.15, -0.1) is 12.4 Å². The summed E-state index contributed by atoms with van der Waals surface area (Å²) in [5.41, 5.74) is 3.15. The molecule has 0 unspecified atom stereocenters. The van der Waals surface area contributed by atoms with Gasteiger partial charge >= 0.3 is 0 Å². The first kappa shape index (κ1) is 17.5. The van der Waals surface area contributed by atoms with Gasteiger partial charge in [-0.25, -0.2) is 0 Å². The lowest BCUT2D eigenvalue weighted by molar-refractivity contribution is -0.128. The molecule has 0 N–H and O–H groups in total. The molecule has 5 nitrogen and oxygen atoms in total. The molecule has 1 heterocycles. The van der Waals surface area contributed by atoms with Gasteiger partial charge in [0.2, 0.25) is 5.91 Å². The van der Waals surface area contributed by atoms with Crippen molar-refractivity contribution in [1.82, 2.24) is 14.7 Å². The number of aromatic nitrogens is 2. The molecule has 0 aliphatic rings. The summed E-state index contributed by atoms with van der Waals surface area (Å²) in [6.07, 6.45) is 1.66. The van der Waals surface area contributed by atoms with E-state index in [2.05, 4.69) is 11.2 Å². The van der Waals surface area contributed by atoms with E-state index in [0.717, 1.165) is 17.0 Å². The van der Waals surface area contributed by atoms with Crippen molar-refractivity contribution in [3.8, 4) is 6.07 Å². The summed E-state index contributed by atoms with van der Waals surface area (Å²) >= 11 is 0. The predicted molar refractivity (Wildman–Crippen MR) is 76.2 cm³/mol. The van der Waals surface area contributed by atoms with E-state index in [0.29, 0.717) is 25.8 Å². The van der Waals surface area contributed by atoms with Gasteiger partial charge in [0, 0.05) is 26.2 Å². The van der Waals surface area contributed by atoms with Crippen molar-refractivity contribution in [1.29, 1.82) is 5.26 Å². The van der Waals surface area contributed by atoms with Crippen LogP contribution in [-0.2, 0) is 17.8 Å². The third kappa shape index (κ3) is 4.56. The van der Waals surface area contributed by atoms with Gasteiger partial charge in [-0.2, -0.15) is 10.4 Å². The van der Waals surface area contributed by atoms with Crippen molar-refractivity contribution in [2.24, 2.45) is 0 Å². The highest BCUT2D eigenvalue weighted by molar-refractivity contribution is 5.85. The molecule has 0 saturated heterocycles. The fourth-order valence-electron chi connectivity index (χ4n) is 1.92. The smallest absolute Gasteiger partial charge is 0.222 e. The number of hydrogen-bond acceptors (Lipinski definition) is 3. The molecule has 6 heteroatoms. The predicted octanol–water partition coefficient (Wildman–Crippen LogP) is 1.86. The second kappa shape index (κ2) is 7.80. The number of rotatable bonds is 5. The molecular weight excluding hydrogens is 264 g/mol. The molecule has 19 heavy (non-hydrogen) atoms. The van der Waals surface area contributed by atoms with Gasteiger partial charge in [0.05, 0.1) is 24.7 Å². The van der Waals surface area contributed by atoms with Crippen LogP contribution in [0, 0.1) is 25.2 Å². The number of halogens is 1. The Morgan fingerprint density at radius 3 is 2.58 bits per heavy atom. The zero-order chi connectivity index (χ0) is 13.7. The largest absolute Gasteiger partial charge is 0.349 e. The van der Waals surface area contributed by atoms with Gasteiger partial charge in [-0.3, -0.25) is 9.48 Å². The minimum absolute atomic E-state index is 0. The zero-order valence-electron chi connectivity index (χ0n) is 11.9. The number of amides is 1. The number of carbonyl (C=O) groups excluding carboxylic acids is 1. The molecule has 1 rings (SSSR count). The Bertz CT molecular complexity index is 474.